The van der Waals surface area contributed by atoms with Gasteiger partial charge < -0.3 is 15.0 Å². The van der Waals surface area contributed by atoms with Crippen molar-refractivity contribution in [3.05, 3.63) is 41.2 Å². The first kappa shape index (κ1) is 18.7. The van der Waals surface area contributed by atoms with Gasteiger partial charge in [-0.15, -0.1) is 0 Å². The molecule has 1 fully saturated rings. The van der Waals surface area contributed by atoms with Crippen LogP contribution in [-0.2, 0) is 4.79 Å². The number of fused-ring (bicyclic) bond motifs is 1. The average Bonchev–Trinajstić information content (AvgIpc) is 3.11. The van der Waals surface area contributed by atoms with Gasteiger partial charge >= 0.3 is 6.18 Å². The van der Waals surface area contributed by atoms with Gasteiger partial charge in [-0.3, -0.25) is 4.79 Å². The Morgan fingerprint density at radius 3 is 2.96 bits per heavy atom. The van der Waals surface area contributed by atoms with E-state index in [0.717, 1.165) is 28.2 Å². The number of nitrogens with zero attached hydrogens (tertiary/aromatic N) is 2. The van der Waals surface area contributed by atoms with E-state index in [0.29, 0.717) is 11.3 Å². The molecule has 1 aliphatic carbocycles. The molecule has 1 saturated carbocycles. The van der Waals surface area contributed by atoms with Crippen LogP contribution in [0.25, 0.3) is 11.0 Å². The van der Waals surface area contributed by atoms with E-state index in [1.807, 2.05) is 24.3 Å². The van der Waals surface area contributed by atoms with Crippen molar-refractivity contribution in [3.8, 4) is 5.19 Å². The maximum Gasteiger partial charge on any atom is 0.422 e. The average molecular weight is 410 g/mol. The van der Waals surface area contributed by atoms with Crippen LogP contribution >= 0.6 is 11.3 Å². The van der Waals surface area contributed by atoms with Crippen molar-refractivity contribution in [1.82, 2.24) is 20.3 Å². The Labute approximate surface area is 162 Å². The molecule has 1 amide bonds. The lowest BCUT2D eigenvalue weighted by atomic mass is 10.2. The molecule has 2 heterocycles. The van der Waals surface area contributed by atoms with Gasteiger partial charge in [0.2, 0.25) is 5.91 Å². The van der Waals surface area contributed by atoms with E-state index in [-0.39, 0.29) is 29.0 Å². The van der Waals surface area contributed by atoms with Crippen molar-refractivity contribution < 1.29 is 22.7 Å². The number of thiazole rings is 1. The second kappa shape index (κ2) is 7.08. The topological polar surface area (TPSA) is 79.9 Å². The van der Waals surface area contributed by atoms with Crippen LogP contribution in [0.4, 0.5) is 13.2 Å². The van der Waals surface area contributed by atoms with Crippen LogP contribution in [0.15, 0.2) is 30.5 Å². The minimum absolute atomic E-state index is 0.0479. The summed E-state index contributed by atoms with van der Waals surface area (Å²) in [5, 5.41) is 2.82. The number of aromatic nitrogens is 3. The molecule has 4 rings (SSSR count). The molecular formula is C18H17F3N4O2S. The summed E-state index contributed by atoms with van der Waals surface area (Å²) in [5.74, 6) is 0.572. The van der Waals surface area contributed by atoms with Crippen molar-refractivity contribution in [2.24, 2.45) is 5.92 Å². The number of benzene rings is 1. The smallest absolute Gasteiger partial charge is 0.422 e. The number of carbonyl (C=O) groups excluding carboxylic acids is 1. The molecule has 0 spiro atoms. The standard InChI is InChI=1S/C18H17F3N4O2S/c1-9(14-7-22-17(28-14)27-8-18(19,20)21)23-16(26)11-6-10(11)15-24-12-4-2-3-5-13(12)25-15/h2-5,7,9-11H,6,8H2,1H3,(H,23,26)(H,24,25)/t9?,10-,11-/m1/s1. The molecule has 2 N–H and O–H groups in total. The lowest BCUT2D eigenvalue weighted by Crippen LogP contribution is -2.28. The highest BCUT2D eigenvalue weighted by Crippen LogP contribution is 2.47. The van der Waals surface area contributed by atoms with E-state index in [4.69, 9.17) is 0 Å². The maximum absolute atomic E-state index is 12.5. The Bertz CT molecular complexity index is 967. The number of rotatable bonds is 6. The predicted molar refractivity (Wildman–Crippen MR) is 97.2 cm³/mol. The van der Waals surface area contributed by atoms with Crippen LogP contribution in [-0.4, -0.2) is 33.6 Å². The molecule has 0 radical (unpaired) electrons. The molecule has 0 aliphatic heterocycles. The van der Waals surface area contributed by atoms with E-state index in [1.54, 1.807) is 6.92 Å². The van der Waals surface area contributed by atoms with Crippen LogP contribution in [0.1, 0.15) is 36.0 Å². The zero-order chi connectivity index (χ0) is 19.9. The van der Waals surface area contributed by atoms with Crippen molar-refractivity contribution in [2.75, 3.05) is 6.61 Å². The highest BCUT2D eigenvalue weighted by molar-refractivity contribution is 7.13. The maximum atomic E-state index is 12.5. The molecule has 1 aliphatic rings. The van der Waals surface area contributed by atoms with Gasteiger partial charge in [-0.25, -0.2) is 9.97 Å². The summed E-state index contributed by atoms with van der Waals surface area (Å²) in [6.45, 7) is 0.374. The number of aromatic amines is 1. The van der Waals surface area contributed by atoms with Crippen LogP contribution in [0, 0.1) is 5.92 Å². The molecule has 148 valence electrons. The summed E-state index contributed by atoms with van der Waals surface area (Å²) >= 11 is 0.989. The Balaban J connectivity index is 1.33. The van der Waals surface area contributed by atoms with Crippen molar-refractivity contribution in [2.45, 2.75) is 31.5 Å². The summed E-state index contributed by atoms with van der Waals surface area (Å²) in [4.78, 5) is 24.7. The lowest BCUT2D eigenvalue weighted by Gasteiger charge is -2.11. The molecule has 2 aromatic heterocycles. The summed E-state index contributed by atoms with van der Waals surface area (Å²) in [5.41, 5.74) is 1.81. The number of ether oxygens (including phenoxy) is 1. The van der Waals surface area contributed by atoms with Gasteiger partial charge in [-0.2, -0.15) is 13.2 Å². The van der Waals surface area contributed by atoms with Gasteiger partial charge in [-0.05, 0) is 25.5 Å². The minimum Gasteiger partial charge on any atom is -0.460 e. The summed E-state index contributed by atoms with van der Waals surface area (Å²) in [6.07, 6.45) is -2.28. The Morgan fingerprint density at radius 2 is 2.21 bits per heavy atom. The molecule has 3 aromatic rings. The van der Waals surface area contributed by atoms with Gasteiger partial charge in [0.25, 0.3) is 5.19 Å². The number of hydrogen-bond acceptors (Lipinski definition) is 5. The SMILES string of the molecule is CC(NC(=O)[C@@H]1C[C@H]1c1nc2ccccc2[nH]1)c1cnc(OCC(F)(F)F)s1. The van der Waals surface area contributed by atoms with Gasteiger partial charge in [-0.1, -0.05) is 23.5 Å². The molecule has 6 nitrogen and oxygen atoms in total. The fourth-order valence-electron chi connectivity index (χ4n) is 3.01. The molecule has 28 heavy (non-hydrogen) atoms. The number of alkyl halides is 3. The number of halogens is 3. The van der Waals surface area contributed by atoms with Crippen LogP contribution in [0.2, 0.25) is 0 Å². The zero-order valence-corrected chi connectivity index (χ0v) is 15.6. The number of amides is 1. The molecule has 0 bridgehead atoms. The van der Waals surface area contributed by atoms with Gasteiger partial charge in [0.05, 0.1) is 22.0 Å². The molecule has 1 aromatic carbocycles. The molecule has 1 unspecified atom stereocenters. The van der Waals surface area contributed by atoms with Crippen LogP contribution in [0.3, 0.4) is 0 Å². The largest absolute Gasteiger partial charge is 0.460 e. The fraction of sp³-hybridized carbons (Fsp3) is 0.389. The Kier molecular flexibility index (Phi) is 4.74. The number of para-hydroxylation sites is 2. The third kappa shape index (κ3) is 4.11. The molecule has 10 heteroatoms. The first-order chi connectivity index (χ1) is 13.3. The Hall–Kier alpha value is -2.62. The number of H-pyrrole nitrogens is 1. The second-order valence-electron chi connectivity index (χ2n) is 6.75. The molecule has 3 atom stereocenters. The first-order valence-corrected chi connectivity index (χ1v) is 9.52. The number of carbonyl (C=O) groups is 1. The lowest BCUT2D eigenvalue weighted by molar-refractivity contribution is -0.153. The highest BCUT2D eigenvalue weighted by atomic mass is 32.1. The van der Waals surface area contributed by atoms with Gasteiger partial charge in [0, 0.05) is 18.0 Å². The minimum atomic E-state index is -4.41. The third-order valence-corrected chi connectivity index (χ3v) is 5.63. The third-order valence-electron chi connectivity index (χ3n) is 4.53. The number of nitrogens with one attached hydrogen (secondary N) is 2. The quantitative estimate of drug-likeness (QED) is 0.645. The number of hydrogen-bond donors (Lipinski definition) is 2. The fourth-order valence-corrected chi connectivity index (χ4v) is 3.77. The van der Waals surface area contributed by atoms with Gasteiger partial charge in [0.15, 0.2) is 6.61 Å². The van der Waals surface area contributed by atoms with E-state index in [1.165, 1.54) is 6.20 Å². The zero-order valence-electron chi connectivity index (χ0n) is 14.8. The Morgan fingerprint density at radius 1 is 1.43 bits per heavy atom. The monoisotopic (exact) mass is 410 g/mol. The summed E-state index contributed by atoms with van der Waals surface area (Å²) in [7, 11) is 0. The van der Waals surface area contributed by atoms with Crippen molar-refractivity contribution in [3.63, 3.8) is 0 Å². The van der Waals surface area contributed by atoms with Crippen molar-refractivity contribution in [1.29, 1.82) is 0 Å². The van der Waals surface area contributed by atoms with E-state index in [9.17, 15) is 18.0 Å². The second-order valence-corrected chi connectivity index (χ2v) is 7.78. The molecule has 0 saturated heterocycles. The van der Waals surface area contributed by atoms with E-state index in [2.05, 4.69) is 25.0 Å². The van der Waals surface area contributed by atoms with Crippen molar-refractivity contribution >= 4 is 28.3 Å². The first-order valence-electron chi connectivity index (χ1n) is 8.70. The van der Waals surface area contributed by atoms with Gasteiger partial charge in [0.1, 0.15) is 5.82 Å². The normalized spacial score (nSPS) is 20.1. The van der Waals surface area contributed by atoms with E-state index < -0.39 is 12.8 Å². The number of imidazole rings is 1. The van der Waals surface area contributed by atoms with Crippen LogP contribution < -0.4 is 10.1 Å². The summed E-state index contributed by atoms with van der Waals surface area (Å²) in [6, 6.07) is 7.31. The molecular weight excluding hydrogens is 393 g/mol. The van der Waals surface area contributed by atoms with E-state index >= 15 is 0 Å². The van der Waals surface area contributed by atoms with Crippen LogP contribution in [0.5, 0.6) is 5.19 Å². The summed E-state index contributed by atoms with van der Waals surface area (Å²) < 4.78 is 41.2. The highest BCUT2D eigenvalue weighted by Gasteiger charge is 2.46. The predicted octanol–water partition coefficient (Wildman–Crippen LogP) is 3.94.